The van der Waals surface area contributed by atoms with Crippen molar-refractivity contribution < 1.29 is 38.8 Å². The van der Waals surface area contributed by atoms with Gasteiger partial charge >= 0.3 is 16.6 Å². The van der Waals surface area contributed by atoms with E-state index in [0.29, 0.717) is 0 Å². The Morgan fingerprint density at radius 3 is 2.22 bits per heavy atom. The Balaban J connectivity index is 1.64. The first-order valence-electron chi connectivity index (χ1n) is 10.7. The number of alkyl halides is 2. The molecule has 0 bridgehead atoms. The molecule has 200 valence electrons. The van der Waals surface area contributed by atoms with Gasteiger partial charge in [0.05, 0.1) is 18.5 Å². The first-order valence-corrected chi connectivity index (χ1v) is 14.0. The Kier molecular flexibility index (Phi) is 7.55. The smallest absolute Gasteiger partial charge is 0.314 e. The number of sulfonamides is 1. The van der Waals surface area contributed by atoms with Crippen LogP contribution in [0.4, 0.5) is 23.2 Å². The number of aromatic nitrogens is 2. The predicted octanol–water partition coefficient (Wildman–Crippen LogP) is 2.78. The predicted molar refractivity (Wildman–Crippen MR) is 124 cm³/mol. The van der Waals surface area contributed by atoms with Crippen LogP contribution in [0.15, 0.2) is 46.9 Å². The molecule has 10 nitrogen and oxygen atoms in total. The van der Waals surface area contributed by atoms with E-state index in [0.717, 1.165) is 37.4 Å². The van der Waals surface area contributed by atoms with Crippen LogP contribution in [0.25, 0.3) is 11.5 Å². The van der Waals surface area contributed by atoms with Crippen molar-refractivity contribution in [3.63, 3.8) is 0 Å². The van der Waals surface area contributed by atoms with Crippen LogP contribution in [0.1, 0.15) is 17.9 Å². The quantitative estimate of drug-likeness (QED) is 0.387. The standard InChI is InChI=1S/C21H21F4N5O5S2/c1-36(31,32)28-7-9-29(10-8-28)37(33,34)30(17-4-2-3-16(22)12-17)13-15-6-5-14(11-18(15)23)20-26-27-21(35-20)19(24)25/h2-6,11-12,19H,7-10,13H2,1H3. The van der Waals surface area contributed by atoms with Crippen molar-refractivity contribution in [1.82, 2.24) is 18.8 Å². The highest BCUT2D eigenvalue weighted by molar-refractivity contribution is 7.90. The van der Waals surface area contributed by atoms with Crippen molar-refractivity contribution >= 4 is 25.9 Å². The monoisotopic (exact) mass is 563 g/mol. The lowest BCUT2D eigenvalue weighted by Crippen LogP contribution is -2.54. The average Bonchev–Trinajstić information content (AvgIpc) is 3.33. The number of hydrogen-bond acceptors (Lipinski definition) is 7. The van der Waals surface area contributed by atoms with E-state index >= 15 is 4.39 Å². The summed E-state index contributed by atoms with van der Waals surface area (Å²) in [6.07, 6.45) is -1.99. The third-order valence-electron chi connectivity index (χ3n) is 5.61. The van der Waals surface area contributed by atoms with Crippen LogP contribution >= 0.6 is 0 Å². The number of rotatable bonds is 8. The summed E-state index contributed by atoms with van der Waals surface area (Å²) in [4.78, 5) is 0. The van der Waals surface area contributed by atoms with Gasteiger partial charge in [-0.3, -0.25) is 4.31 Å². The van der Waals surface area contributed by atoms with Crippen LogP contribution in [0.3, 0.4) is 0 Å². The molecule has 1 aromatic heterocycles. The summed E-state index contributed by atoms with van der Waals surface area (Å²) >= 11 is 0. The van der Waals surface area contributed by atoms with E-state index in [9.17, 15) is 30.0 Å². The van der Waals surface area contributed by atoms with Crippen molar-refractivity contribution in [3.05, 3.63) is 65.6 Å². The Morgan fingerprint density at radius 1 is 0.973 bits per heavy atom. The lowest BCUT2D eigenvalue weighted by atomic mass is 10.1. The van der Waals surface area contributed by atoms with Crippen molar-refractivity contribution in [2.45, 2.75) is 13.0 Å². The molecule has 0 saturated carbocycles. The SMILES string of the molecule is CS(=O)(=O)N1CCN(S(=O)(=O)N(Cc2ccc(-c3nnc(C(F)F)o3)cc2F)c2cccc(F)c2)CC1. The van der Waals surface area contributed by atoms with Gasteiger partial charge in [-0.1, -0.05) is 12.1 Å². The summed E-state index contributed by atoms with van der Waals surface area (Å²) in [6, 6.07) is 8.17. The fourth-order valence-corrected chi connectivity index (χ4v) is 6.12. The van der Waals surface area contributed by atoms with Crippen molar-refractivity contribution in [2.75, 3.05) is 36.7 Å². The highest BCUT2D eigenvalue weighted by atomic mass is 32.2. The molecular weight excluding hydrogens is 542 g/mol. The van der Waals surface area contributed by atoms with E-state index in [1.54, 1.807) is 0 Å². The molecule has 1 saturated heterocycles. The maximum absolute atomic E-state index is 15.0. The van der Waals surface area contributed by atoms with Crippen LogP contribution in [0.2, 0.25) is 0 Å². The molecule has 37 heavy (non-hydrogen) atoms. The summed E-state index contributed by atoms with van der Waals surface area (Å²) in [7, 11) is -7.88. The van der Waals surface area contributed by atoms with Gasteiger partial charge in [0.1, 0.15) is 11.6 Å². The van der Waals surface area contributed by atoms with Crippen molar-refractivity contribution in [2.24, 2.45) is 0 Å². The summed E-state index contributed by atoms with van der Waals surface area (Å²) < 4.78 is 113. The molecule has 2 heterocycles. The van der Waals surface area contributed by atoms with Crippen LogP contribution in [-0.2, 0) is 26.8 Å². The van der Waals surface area contributed by atoms with Gasteiger partial charge in [-0.05, 0) is 30.3 Å². The van der Waals surface area contributed by atoms with E-state index in [1.165, 1.54) is 24.3 Å². The van der Waals surface area contributed by atoms with Gasteiger partial charge in [0, 0.05) is 37.3 Å². The minimum Gasteiger partial charge on any atom is -0.415 e. The molecule has 16 heteroatoms. The first kappa shape index (κ1) is 27.0. The molecular formula is C21H21F4N5O5S2. The molecule has 1 aliphatic rings. The fraction of sp³-hybridized carbons (Fsp3) is 0.333. The van der Waals surface area contributed by atoms with E-state index in [2.05, 4.69) is 10.2 Å². The summed E-state index contributed by atoms with van der Waals surface area (Å²) in [6.45, 7) is -1.03. The Hall–Kier alpha value is -3.08. The zero-order chi connectivity index (χ0) is 27.0. The third kappa shape index (κ3) is 5.92. The highest BCUT2D eigenvalue weighted by Gasteiger charge is 2.35. The molecule has 0 N–H and O–H groups in total. The molecule has 0 unspecified atom stereocenters. The zero-order valence-electron chi connectivity index (χ0n) is 19.3. The number of hydrogen-bond donors (Lipinski definition) is 0. The van der Waals surface area contributed by atoms with E-state index < -0.39 is 50.7 Å². The Bertz CT molecular complexity index is 1490. The van der Waals surface area contributed by atoms with Gasteiger partial charge in [-0.15, -0.1) is 10.2 Å². The van der Waals surface area contributed by atoms with Crippen molar-refractivity contribution in [1.29, 1.82) is 0 Å². The molecule has 0 amide bonds. The summed E-state index contributed by atoms with van der Waals surface area (Å²) in [5, 5.41) is 6.64. The molecule has 0 spiro atoms. The van der Waals surface area contributed by atoms with Gasteiger partial charge in [0.2, 0.25) is 15.9 Å². The molecule has 0 aliphatic carbocycles. The minimum atomic E-state index is -4.36. The van der Waals surface area contributed by atoms with Gasteiger partial charge in [0.15, 0.2) is 0 Å². The largest absolute Gasteiger partial charge is 0.415 e. The van der Waals surface area contributed by atoms with E-state index in [1.807, 2.05) is 0 Å². The average molecular weight is 564 g/mol. The summed E-state index contributed by atoms with van der Waals surface area (Å²) in [5.41, 5.74) is -0.190. The van der Waals surface area contributed by atoms with Gasteiger partial charge in [-0.2, -0.15) is 25.8 Å². The van der Waals surface area contributed by atoms with E-state index in [4.69, 9.17) is 4.42 Å². The second-order valence-electron chi connectivity index (χ2n) is 8.11. The number of nitrogens with zero attached hydrogens (tertiary/aromatic N) is 5. The Morgan fingerprint density at radius 2 is 1.65 bits per heavy atom. The molecule has 3 aromatic rings. The maximum atomic E-state index is 15.0. The van der Waals surface area contributed by atoms with Crippen molar-refractivity contribution in [3.8, 4) is 11.5 Å². The third-order valence-corrected chi connectivity index (χ3v) is 8.83. The van der Waals surface area contributed by atoms with Crippen LogP contribution in [0, 0.1) is 11.6 Å². The maximum Gasteiger partial charge on any atom is 0.314 e. The second-order valence-corrected chi connectivity index (χ2v) is 11.9. The number of anilines is 1. The van der Waals surface area contributed by atoms with Gasteiger partial charge in [-0.25, -0.2) is 17.2 Å². The second kappa shape index (κ2) is 10.4. The minimum absolute atomic E-state index is 0.00212. The molecule has 2 aromatic carbocycles. The number of piperazine rings is 1. The highest BCUT2D eigenvalue weighted by Crippen LogP contribution is 2.29. The molecule has 1 fully saturated rings. The Labute approximate surface area is 210 Å². The number of benzene rings is 2. The summed E-state index contributed by atoms with van der Waals surface area (Å²) in [5.74, 6) is -2.90. The zero-order valence-corrected chi connectivity index (χ0v) is 20.9. The van der Waals surface area contributed by atoms with Crippen LogP contribution in [0.5, 0.6) is 0 Å². The fourth-order valence-electron chi connectivity index (χ4n) is 3.71. The first-order chi connectivity index (χ1) is 17.4. The lowest BCUT2D eigenvalue weighted by molar-refractivity contribution is 0.116. The normalized spacial score (nSPS) is 15.8. The van der Waals surface area contributed by atoms with Crippen LogP contribution < -0.4 is 4.31 Å². The van der Waals surface area contributed by atoms with Gasteiger partial charge < -0.3 is 4.42 Å². The lowest BCUT2D eigenvalue weighted by Gasteiger charge is -2.36. The molecule has 1 aliphatic heterocycles. The molecule has 0 radical (unpaired) electrons. The number of halogens is 4. The van der Waals surface area contributed by atoms with Crippen LogP contribution in [-0.4, -0.2) is 68.1 Å². The van der Waals surface area contributed by atoms with Gasteiger partial charge in [0.25, 0.3) is 5.89 Å². The topological polar surface area (TPSA) is 117 Å². The molecule has 4 rings (SSSR count). The van der Waals surface area contributed by atoms with E-state index in [-0.39, 0.29) is 48.9 Å². The molecule has 0 atom stereocenters.